The summed E-state index contributed by atoms with van der Waals surface area (Å²) in [5.74, 6) is 0.184. The third kappa shape index (κ3) is 7.12. The summed E-state index contributed by atoms with van der Waals surface area (Å²) < 4.78 is 34.0. The molecule has 1 amide bonds. The fourth-order valence-corrected chi connectivity index (χ4v) is 4.06. The van der Waals surface area contributed by atoms with Gasteiger partial charge < -0.3 is 9.73 Å². The summed E-state index contributed by atoms with van der Waals surface area (Å²) in [4.78, 5) is 12.4. The van der Waals surface area contributed by atoms with Crippen LogP contribution in [-0.2, 0) is 14.8 Å². The minimum Gasteiger partial charge on any atom is -0.468 e. The van der Waals surface area contributed by atoms with Gasteiger partial charge in [0.25, 0.3) is 0 Å². The van der Waals surface area contributed by atoms with Crippen LogP contribution < -0.4 is 10.0 Å². The van der Waals surface area contributed by atoms with Gasteiger partial charge in [0.1, 0.15) is 5.76 Å². The van der Waals surface area contributed by atoms with Crippen LogP contribution in [0, 0.1) is 0 Å². The van der Waals surface area contributed by atoms with Gasteiger partial charge in [0.05, 0.1) is 23.6 Å². The third-order valence-electron chi connectivity index (χ3n) is 4.05. The molecule has 0 aliphatic carbocycles. The molecule has 0 radical (unpaired) electrons. The molecule has 27 heavy (non-hydrogen) atoms. The van der Waals surface area contributed by atoms with Crippen molar-refractivity contribution in [2.75, 3.05) is 6.54 Å². The molecular formula is C19H25BrN2O4S. The lowest BCUT2D eigenvalue weighted by atomic mass is 10.1. The number of rotatable bonds is 11. The predicted octanol–water partition coefficient (Wildman–Crippen LogP) is 4.15. The van der Waals surface area contributed by atoms with Gasteiger partial charge in [-0.2, -0.15) is 4.72 Å². The Morgan fingerprint density at radius 1 is 1.15 bits per heavy atom. The minimum atomic E-state index is -3.79. The van der Waals surface area contributed by atoms with Gasteiger partial charge in [-0.1, -0.05) is 42.1 Å². The lowest BCUT2D eigenvalue weighted by Crippen LogP contribution is -2.34. The first-order chi connectivity index (χ1) is 12.9. The van der Waals surface area contributed by atoms with Crippen molar-refractivity contribution in [1.82, 2.24) is 10.0 Å². The van der Waals surface area contributed by atoms with Gasteiger partial charge in [0, 0.05) is 11.0 Å². The smallest absolute Gasteiger partial charge is 0.241 e. The number of carbonyl (C=O) groups is 1. The number of amides is 1. The maximum absolute atomic E-state index is 12.7. The van der Waals surface area contributed by atoms with Crippen LogP contribution in [0.3, 0.4) is 0 Å². The predicted molar refractivity (Wildman–Crippen MR) is 108 cm³/mol. The normalized spacial score (nSPS) is 12.7. The zero-order valence-electron chi connectivity index (χ0n) is 15.3. The molecule has 1 heterocycles. The molecule has 6 nitrogen and oxygen atoms in total. The van der Waals surface area contributed by atoms with Gasteiger partial charge in [-0.3, -0.25) is 4.79 Å². The summed E-state index contributed by atoms with van der Waals surface area (Å²) in [7, 11) is -3.79. The van der Waals surface area contributed by atoms with Gasteiger partial charge in [-0.05, 0) is 42.8 Å². The second-order valence-electron chi connectivity index (χ2n) is 6.26. The van der Waals surface area contributed by atoms with Gasteiger partial charge >= 0.3 is 0 Å². The van der Waals surface area contributed by atoms with Crippen molar-refractivity contribution >= 4 is 31.9 Å². The standard InChI is InChI=1S/C19H25BrN2O4S/c1-2-3-4-5-12-21-19(23)14-17(18-7-6-13-26-18)22-27(24,25)16-10-8-15(20)9-11-16/h6-11,13,17,22H,2-5,12,14H2,1H3,(H,21,23)/t17-/m1/s1. The summed E-state index contributed by atoms with van der Waals surface area (Å²) in [6.45, 7) is 2.72. The lowest BCUT2D eigenvalue weighted by molar-refractivity contribution is -0.121. The first-order valence-electron chi connectivity index (χ1n) is 9.00. The van der Waals surface area contributed by atoms with E-state index in [0.29, 0.717) is 12.3 Å². The van der Waals surface area contributed by atoms with Crippen molar-refractivity contribution in [3.8, 4) is 0 Å². The van der Waals surface area contributed by atoms with E-state index in [1.165, 1.54) is 18.4 Å². The van der Waals surface area contributed by atoms with E-state index in [0.717, 1.165) is 30.2 Å². The quantitative estimate of drug-likeness (QED) is 0.497. The van der Waals surface area contributed by atoms with Gasteiger partial charge in [-0.15, -0.1) is 0 Å². The van der Waals surface area contributed by atoms with Gasteiger partial charge in [0.2, 0.25) is 15.9 Å². The first-order valence-corrected chi connectivity index (χ1v) is 11.3. The molecule has 0 saturated heterocycles. The molecular weight excluding hydrogens is 432 g/mol. The van der Waals surface area contributed by atoms with E-state index >= 15 is 0 Å². The SMILES string of the molecule is CCCCCCNC(=O)C[C@@H](NS(=O)(=O)c1ccc(Br)cc1)c1ccco1. The Kier molecular flexibility index (Phi) is 8.53. The van der Waals surface area contributed by atoms with E-state index in [4.69, 9.17) is 4.42 Å². The van der Waals surface area contributed by atoms with Crippen molar-refractivity contribution < 1.29 is 17.6 Å². The topological polar surface area (TPSA) is 88.4 Å². The van der Waals surface area contributed by atoms with Gasteiger partial charge in [0.15, 0.2) is 0 Å². The number of hydrogen-bond acceptors (Lipinski definition) is 4. The third-order valence-corrected chi connectivity index (χ3v) is 6.07. The number of carbonyl (C=O) groups excluding carboxylic acids is 1. The zero-order valence-corrected chi connectivity index (χ0v) is 17.7. The average Bonchev–Trinajstić information content (AvgIpc) is 3.16. The highest BCUT2D eigenvalue weighted by Gasteiger charge is 2.25. The largest absolute Gasteiger partial charge is 0.468 e. The highest BCUT2D eigenvalue weighted by molar-refractivity contribution is 9.10. The lowest BCUT2D eigenvalue weighted by Gasteiger charge is -2.17. The van der Waals surface area contributed by atoms with Crippen LogP contribution in [-0.4, -0.2) is 20.9 Å². The van der Waals surface area contributed by atoms with Crippen LogP contribution in [0.15, 0.2) is 56.4 Å². The molecule has 148 valence electrons. The first kappa shape index (κ1) is 21.7. The van der Waals surface area contributed by atoms with E-state index in [-0.39, 0.29) is 17.2 Å². The van der Waals surface area contributed by atoms with Crippen LogP contribution in [0.4, 0.5) is 0 Å². The number of nitrogens with one attached hydrogen (secondary N) is 2. The number of unbranched alkanes of at least 4 members (excludes halogenated alkanes) is 3. The molecule has 2 aromatic rings. The molecule has 0 aliphatic heterocycles. The Bertz CT molecular complexity index is 805. The van der Waals surface area contributed by atoms with Crippen LogP contribution in [0.2, 0.25) is 0 Å². The van der Waals surface area contributed by atoms with Crippen LogP contribution in [0.5, 0.6) is 0 Å². The van der Waals surface area contributed by atoms with Crippen molar-refractivity contribution in [2.45, 2.75) is 50.0 Å². The molecule has 0 fully saturated rings. The number of halogens is 1. The van der Waals surface area contributed by atoms with E-state index in [2.05, 4.69) is 32.9 Å². The average molecular weight is 457 g/mol. The molecule has 2 N–H and O–H groups in total. The van der Waals surface area contributed by atoms with Crippen molar-refractivity contribution in [1.29, 1.82) is 0 Å². The van der Waals surface area contributed by atoms with Gasteiger partial charge in [-0.25, -0.2) is 8.42 Å². The molecule has 0 saturated carbocycles. The summed E-state index contributed by atoms with van der Waals surface area (Å²) >= 11 is 3.28. The Labute approximate surface area is 168 Å². The molecule has 2 rings (SSSR count). The molecule has 0 spiro atoms. The Hall–Kier alpha value is -1.64. The van der Waals surface area contributed by atoms with E-state index in [9.17, 15) is 13.2 Å². The van der Waals surface area contributed by atoms with Crippen LogP contribution in [0.1, 0.15) is 50.8 Å². The summed E-state index contributed by atoms with van der Waals surface area (Å²) in [5, 5.41) is 2.85. The summed E-state index contributed by atoms with van der Waals surface area (Å²) in [6, 6.07) is 8.85. The Morgan fingerprint density at radius 3 is 2.52 bits per heavy atom. The molecule has 0 bridgehead atoms. The second-order valence-corrected chi connectivity index (χ2v) is 8.89. The minimum absolute atomic E-state index is 0.0307. The fourth-order valence-electron chi connectivity index (χ4n) is 2.60. The molecule has 8 heteroatoms. The maximum atomic E-state index is 12.7. The highest BCUT2D eigenvalue weighted by atomic mass is 79.9. The fraction of sp³-hybridized carbons (Fsp3) is 0.421. The number of benzene rings is 1. The summed E-state index contributed by atoms with van der Waals surface area (Å²) in [6.07, 6.45) is 5.67. The van der Waals surface area contributed by atoms with Crippen LogP contribution >= 0.6 is 15.9 Å². The Morgan fingerprint density at radius 2 is 1.89 bits per heavy atom. The van der Waals surface area contributed by atoms with E-state index < -0.39 is 16.1 Å². The molecule has 1 aromatic heterocycles. The van der Waals surface area contributed by atoms with Crippen molar-refractivity contribution in [3.05, 3.63) is 52.9 Å². The molecule has 0 unspecified atom stereocenters. The monoisotopic (exact) mass is 456 g/mol. The van der Waals surface area contributed by atoms with E-state index in [1.807, 2.05) is 0 Å². The van der Waals surface area contributed by atoms with Crippen molar-refractivity contribution in [2.24, 2.45) is 0 Å². The summed E-state index contributed by atoms with van der Waals surface area (Å²) in [5.41, 5.74) is 0. The Balaban J connectivity index is 2.02. The second kappa shape index (κ2) is 10.6. The number of sulfonamides is 1. The molecule has 0 aliphatic rings. The maximum Gasteiger partial charge on any atom is 0.241 e. The van der Waals surface area contributed by atoms with Crippen LogP contribution in [0.25, 0.3) is 0 Å². The van der Waals surface area contributed by atoms with E-state index in [1.54, 1.807) is 24.3 Å². The number of hydrogen-bond donors (Lipinski definition) is 2. The highest BCUT2D eigenvalue weighted by Crippen LogP contribution is 2.22. The molecule has 1 aromatic carbocycles. The zero-order chi connectivity index (χ0) is 19.7. The van der Waals surface area contributed by atoms with Crippen molar-refractivity contribution in [3.63, 3.8) is 0 Å². The molecule has 1 atom stereocenters. The number of furan rings is 1.